The van der Waals surface area contributed by atoms with Gasteiger partial charge in [0.25, 0.3) is 0 Å². The molecule has 14 heavy (non-hydrogen) atoms. The summed E-state index contributed by atoms with van der Waals surface area (Å²) in [7, 11) is 0. The van der Waals surface area contributed by atoms with E-state index in [9.17, 15) is 4.39 Å². The van der Waals surface area contributed by atoms with Crippen molar-refractivity contribution in [2.24, 2.45) is 5.92 Å². The van der Waals surface area contributed by atoms with E-state index in [0.717, 1.165) is 45.6 Å². The fourth-order valence-corrected chi connectivity index (χ4v) is 2.54. The minimum atomic E-state index is -0.961. The van der Waals surface area contributed by atoms with Gasteiger partial charge in [0.2, 0.25) is 0 Å². The second kappa shape index (κ2) is 4.15. The molecule has 0 saturated carbocycles. The molecule has 3 heteroatoms. The van der Waals surface area contributed by atoms with E-state index in [1.165, 1.54) is 0 Å². The number of hydrogen-bond donors (Lipinski definition) is 0. The van der Waals surface area contributed by atoms with Gasteiger partial charge in [0, 0.05) is 19.7 Å². The van der Waals surface area contributed by atoms with Crippen molar-refractivity contribution in [3.8, 4) is 0 Å². The highest BCUT2D eigenvalue weighted by atomic mass is 19.1. The Labute approximate surface area is 85.4 Å². The monoisotopic (exact) mass is 201 g/mol. The first kappa shape index (κ1) is 10.4. The zero-order chi connectivity index (χ0) is 10.0. The van der Waals surface area contributed by atoms with Crippen LogP contribution in [0.1, 0.15) is 26.2 Å². The van der Waals surface area contributed by atoms with Crippen molar-refractivity contribution in [2.45, 2.75) is 31.9 Å². The van der Waals surface area contributed by atoms with E-state index in [2.05, 4.69) is 4.90 Å². The first-order valence-electron chi connectivity index (χ1n) is 5.65. The topological polar surface area (TPSA) is 12.5 Å². The summed E-state index contributed by atoms with van der Waals surface area (Å²) in [5.41, 5.74) is -0.961. The molecule has 0 aromatic heterocycles. The van der Waals surface area contributed by atoms with Gasteiger partial charge in [-0.1, -0.05) is 0 Å². The van der Waals surface area contributed by atoms with E-state index in [0.29, 0.717) is 12.5 Å². The van der Waals surface area contributed by atoms with Crippen molar-refractivity contribution in [3.05, 3.63) is 0 Å². The quantitative estimate of drug-likeness (QED) is 0.676. The lowest BCUT2D eigenvalue weighted by Gasteiger charge is -2.36. The third-order valence-electron chi connectivity index (χ3n) is 3.27. The van der Waals surface area contributed by atoms with Crippen molar-refractivity contribution in [1.82, 2.24) is 4.90 Å². The Kier molecular flexibility index (Phi) is 3.07. The molecule has 0 aliphatic carbocycles. The molecule has 2 heterocycles. The summed E-state index contributed by atoms with van der Waals surface area (Å²) in [5, 5.41) is 0. The second-order valence-corrected chi connectivity index (χ2v) is 4.98. The number of alkyl halides is 1. The summed E-state index contributed by atoms with van der Waals surface area (Å²) >= 11 is 0. The first-order chi connectivity index (χ1) is 6.66. The standard InChI is InChI=1S/C11H20FNO/c1-11(12)4-2-5-13(9-11)7-10-3-6-14-8-10/h10H,2-9H2,1H3/t10-,11-/m1/s1. The van der Waals surface area contributed by atoms with Crippen LogP contribution in [0.5, 0.6) is 0 Å². The Bertz CT molecular complexity index is 190. The van der Waals surface area contributed by atoms with Crippen LogP contribution in [-0.4, -0.2) is 43.4 Å². The van der Waals surface area contributed by atoms with Gasteiger partial charge in [-0.2, -0.15) is 0 Å². The number of hydrogen-bond acceptors (Lipinski definition) is 2. The SMILES string of the molecule is C[C@@]1(F)CCCN(C[C@H]2CCOC2)C1. The van der Waals surface area contributed by atoms with Crippen LogP contribution in [0.3, 0.4) is 0 Å². The normalized spacial score (nSPS) is 40.3. The van der Waals surface area contributed by atoms with Crippen LogP contribution >= 0.6 is 0 Å². The highest BCUT2D eigenvalue weighted by Crippen LogP contribution is 2.26. The first-order valence-corrected chi connectivity index (χ1v) is 5.65. The van der Waals surface area contributed by atoms with E-state index in [1.807, 2.05) is 0 Å². The molecular formula is C11H20FNO. The Morgan fingerprint density at radius 2 is 2.43 bits per heavy atom. The van der Waals surface area contributed by atoms with Gasteiger partial charge >= 0.3 is 0 Å². The van der Waals surface area contributed by atoms with E-state index in [4.69, 9.17) is 4.74 Å². The molecule has 0 unspecified atom stereocenters. The average Bonchev–Trinajstić information content (AvgIpc) is 2.54. The highest BCUT2D eigenvalue weighted by Gasteiger charge is 2.31. The number of halogens is 1. The predicted octanol–water partition coefficient (Wildman–Crippen LogP) is 1.85. The van der Waals surface area contributed by atoms with Crippen molar-refractivity contribution in [1.29, 1.82) is 0 Å². The lowest BCUT2D eigenvalue weighted by Crippen LogP contribution is -2.45. The smallest absolute Gasteiger partial charge is 0.120 e. The summed E-state index contributed by atoms with van der Waals surface area (Å²) in [6, 6.07) is 0. The Morgan fingerprint density at radius 1 is 1.57 bits per heavy atom. The number of nitrogens with zero attached hydrogens (tertiary/aromatic N) is 1. The Morgan fingerprint density at radius 3 is 3.07 bits per heavy atom. The minimum Gasteiger partial charge on any atom is -0.381 e. The van der Waals surface area contributed by atoms with Gasteiger partial charge in [-0.15, -0.1) is 0 Å². The third kappa shape index (κ3) is 2.67. The van der Waals surface area contributed by atoms with E-state index < -0.39 is 5.67 Å². The van der Waals surface area contributed by atoms with Gasteiger partial charge in [-0.05, 0) is 38.6 Å². The van der Waals surface area contributed by atoms with Gasteiger partial charge in [-0.25, -0.2) is 4.39 Å². The maximum Gasteiger partial charge on any atom is 0.120 e. The molecule has 0 amide bonds. The van der Waals surface area contributed by atoms with E-state index in [-0.39, 0.29) is 0 Å². The molecular weight excluding hydrogens is 181 g/mol. The third-order valence-corrected chi connectivity index (χ3v) is 3.27. The van der Waals surface area contributed by atoms with Crippen molar-refractivity contribution in [2.75, 3.05) is 32.8 Å². The molecule has 0 N–H and O–H groups in total. The van der Waals surface area contributed by atoms with Gasteiger partial charge < -0.3 is 4.74 Å². The van der Waals surface area contributed by atoms with Crippen LogP contribution in [0.4, 0.5) is 4.39 Å². The molecule has 2 aliphatic rings. The lowest BCUT2D eigenvalue weighted by molar-refractivity contribution is 0.0498. The van der Waals surface area contributed by atoms with Gasteiger partial charge in [-0.3, -0.25) is 4.90 Å². The number of rotatable bonds is 2. The molecule has 82 valence electrons. The lowest BCUT2D eigenvalue weighted by atomic mass is 9.96. The van der Waals surface area contributed by atoms with Crippen LogP contribution in [0.25, 0.3) is 0 Å². The molecule has 0 aromatic rings. The maximum atomic E-state index is 13.7. The largest absolute Gasteiger partial charge is 0.381 e. The molecule has 2 nitrogen and oxygen atoms in total. The average molecular weight is 201 g/mol. The molecule has 2 aliphatic heterocycles. The highest BCUT2D eigenvalue weighted by molar-refractivity contribution is 4.84. The van der Waals surface area contributed by atoms with E-state index in [1.54, 1.807) is 6.92 Å². The van der Waals surface area contributed by atoms with E-state index >= 15 is 0 Å². The summed E-state index contributed by atoms with van der Waals surface area (Å²) in [6.07, 6.45) is 2.88. The van der Waals surface area contributed by atoms with Crippen LogP contribution in [0.15, 0.2) is 0 Å². The molecule has 0 bridgehead atoms. The van der Waals surface area contributed by atoms with Crippen LogP contribution in [0, 0.1) is 5.92 Å². The molecule has 0 radical (unpaired) electrons. The number of piperidine rings is 1. The van der Waals surface area contributed by atoms with Gasteiger partial charge in [0.1, 0.15) is 5.67 Å². The second-order valence-electron chi connectivity index (χ2n) is 4.98. The number of ether oxygens (including phenoxy) is 1. The van der Waals surface area contributed by atoms with Gasteiger partial charge in [0.15, 0.2) is 0 Å². The number of likely N-dealkylation sites (tertiary alicyclic amines) is 1. The van der Waals surface area contributed by atoms with Crippen LogP contribution in [-0.2, 0) is 4.74 Å². The fraction of sp³-hybridized carbons (Fsp3) is 1.00. The van der Waals surface area contributed by atoms with Crippen molar-refractivity contribution < 1.29 is 9.13 Å². The summed E-state index contributed by atoms with van der Waals surface area (Å²) in [5.74, 6) is 0.642. The molecule has 2 fully saturated rings. The Balaban J connectivity index is 1.79. The summed E-state index contributed by atoms with van der Waals surface area (Å²) < 4.78 is 19.1. The predicted molar refractivity (Wildman–Crippen MR) is 54.1 cm³/mol. The zero-order valence-corrected chi connectivity index (χ0v) is 8.97. The zero-order valence-electron chi connectivity index (χ0n) is 8.97. The molecule has 0 aromatic carbocycles. The van der Waals surface area contributed by atoms with Crippen molar-refractivity contribution in [3.63, 3.8) is 0 Å². The summed E-state index contributed by atoms with van der Waals surface area (Å²) in [4.78, 5) is 2.27. The fourth-order valence-electron chi connectivity index (χ4n) is 2.54. The van der Waals surface area contributed by atoms with Crippen LogP contribution < -0.4 is 0 Å². The molecule has 2 atom stereocenters. The minimum absolute atomic E-state index is 0.615. The summed E-state index contributed by atoms with van der Waals surface area (Å²) in [6.45, 7) is 6.20. The van der Waals surface area contributed by atoms with Crippen LogP contribution in [0.2, 0.25) is 0 Å². The molecule has 0 spiro atoms. The molecule has 2 saturated heterocycles. The molecule has 2 rings (SSSR count). The van der Waals surface area contributed by atoms with Crippen molar-refractivity contribution >= 4 is 0 Å². The Hall–Kier alpha value is -0.150. The van der Waals surface area contributed by atoms with Gasteiger partial charge in [0.05, 0.1) is 6.61 Å². The maximum absolute atomic E-state index is 13.7.